The van der Waals surface area contributed by atoms with E-state index in [1.165, 1.54) is 32.1 Å². The first-order valence-corrected chi connectivity index (χ1v) is 11.7. The van der Waals surface area contributed by atoms with Gasteiger partial charge in [-0.1, -0.05) is 95.0 Å². The molecule has 0 spiro atoms. The third-order valence-corrected chi connectivity index (χ3v) is 5.48. The van der Waals surface area contributed by atoms with Crippen LogP contribution in [0.3, 0.4) is 0 Å². The number of hydrogen-bond donors (Lipinski definition) is 2. The number of rotatable bonds is 19. The lowest BCUT2D eigenvalue weighted by molar-refractivity contribution is -0.220. The first-order valence-electron chi connectivity index (χ1n) is 11.7. The Morgan fingerprint density at radius 2 is 1.34 bits per heavy atom. The smallest absolute Gasteiger partial charge is 0.303 e. The lowest BCUT2D eigenvalue weighted by atomic mass is 9.99. The van der Waals surface area contributed by atoms with Gasteiger partial charge in [0.2, 0.25) is 0 Å². The predicted octanol–water partition coefficient (Wildman–Crippen LogP) is 6.85. The molecule has 0 heterocycles. The summed E-state index contributed by atoms with van der Waals surface area (Å²) < 4.78 is 5.99. The molecule has 0 bridgehead atoms. The Bertz CT molecular complexity index is 517. The van der Waals surface area contributed by atoms with Crippen molar-refractivity contribution in [3.8, 4) is 0 Å². The van der Waals surface area contributed by atoms with Crippen LogP contribution in [0.1, 0.15) is 109 Å². The molecule has 0 aliphatic rings. The SMILES string of the molecule is CCCCCCC(O)(CCCCCCCCCCC(=O)O)OCc1ccccc1. The molecule has 4 heteroatoms. The normalized spacial score (nSPS) is 13.3. The fourth-order valence-electron chi connectivity index (χ4n) is 3.63. The van der Waals surface area contributed by atoms with E-state index >= 15 is 0 Å². The molecule has 1 aromatic carbocycles. The molecule has 1 aromatic rings. The largest absolute Gasteiger partial charge is 0.481 e. The Morgan fingerprint density at radius 1 is 0.828 bits per heavy atom. The highest BCUT2D eigenvalue weighted by Gasteiger charge is 2.26. The highest BCUT2D eigenvalue weighted by Crippen LogP contribution is 2.26. The van der Waals surface area contributed by atoms with Crippen LogP contribution in [-0.4, -0.2) is 22.0 Å². The zero-order valence-electron chi connectivity index (χ0n) is 18.4. The third kappa shape index (κ3) is 14.3. The van der Waals surface area contributed by atoms with Crippen molar-refractivity contribution in [2.24, 2.45) is 0 Å². The molecule has 1 rings (SSSR count). The molecule has 1 unspecified atom stereocenters. The van der Waals surface area contributed by atoms with Gasteiger partial charge in [-0.3, -0.25) is 4.79 Å². The van der Waals surface area contributed by atoms with Crippen molar-refractivity contribution in [2.45, 2.75) is 116 Å². The summed E-state index contributed by atoms with van der Waals surface area (Å²) in [6.45, 7) is 2.66. The van der Waals surface area contributed by atoms with Gasteiger partial charge in [-0.05, 0) is 24.8 Å². The first-order chi connectivity index (χ1) is 14.1. The van der Waals surface area contributed by atoms with E-state index in [1.54, 1.807) is 0 Å². The van der Waals surface area contributed by atoms with Crippen LogP contribution in [0, 0.1) is 0 Å². The molecule has 0 amide bonds. The first kappa shape index (κ1) is 25.6. The maximum absolute atomic E-state index is 11.0. The van der Waals surface area contributed by atoms with Crippen molar-refractivity contribution in [1.82, 2.24) is 0 Å². The van der Waals surface area contributed by atoms with Crippen LogP contribution in [0.5, 0.6) is 0 Å². The van der Waals surface area contributed by atoms with Gasteiger partial charge in [-0.15, -0.1) is 0 Å². The van der Waals surface area contributed by atoms with Crippen LogP contribution >= 0.6 is 0 Å². The highest BCUT2D eigenvalue weighted by molar-refractivity contribution is 5.66. The van der Waals surface area contributed by atoms with Crippen molar-refractivity contribution >= 4 is 5.97 Å². The summed E-state index contributed by atoms with van der Waals surface area (Å²) in [4.78, 5) is 10.5. The van der Waals surface area contributed by atoms with Crippen molar-refractivity contribution in [1.29, 1.82) is 0 Å². The second-order valence-electron chi connectivity index (χ2n) is 8.25. The molecule has 166 valence electrons. The standard InChI is InChI=1S/C25H42O4/c1-2-3-4-15-20-25(28,29-22-23-17-12-11-13-18-23)21-16-10-8-6-5-7-9-14-19-24(26)27/h11-13,17-18,28H,2-10,14-16,19-22H2,1H3,(H,26,27). The van der Waals surface area contributed by atoms with Crippen molar-refractivity contribution < 1.29 is 19.7 Å². The minimum atomic E-state index is -1.01. The monoisotopic (exact) mass is 406 g/mol. The van der Waals surface area contributed by atoms with E-state index in [0.717, 1.165) is 50.5 Å². The fraction of sp³-hybridized carbons (Fsp3) is 0.720. The summed E-state index contributed by atoms with van der Waals surface area (Å²) in [5, 5.41) is 19.7. The summed E-state index contributed by atoms with van der Waals surface area (Å²) in [5.74, 6) is -1.71. The Hall–Kier alpha value is -1.39. The molecule has 4 nitrogen and oxygen atoms in total. The maximum Gasteiger partial charge on any atom is 0.303 e. The quantitative estimate of drug-likeness (QED) is 0.195. The molecule has 0 aliphatic heterocycles. The van der Waals surface area contributed by atoms with Crippen LogP contribution < -0.4 is 0 Å². The summed E-state index contributed by atoms with van der Waals surface area (Å²) >= 11 is 0. The number of carboxylic acids is 1. The Labute approximate surface area is 177 Å². The number of hydrogen-bond acceptors (Lipinski definition) is 3. The van der Waals surface area contributed by atoms with E-state index in [2.05, 4.69) is 6.92 Å². The van der Waals surface area contributed by atoms with Gasteiger partial charge in [0.1, 0.15) is 0 Å². The zero-order chi connectivity index (χ0) is 21.2. The lowest BCUT2D eigenvalue weighted by Crippen LogP contribution is -2.32. The van der Waals surface area contributed by atoms with E-state index in [0.29, 0.717) is 25.9 Å². The van der Waals surface area contributed by atoms with E-state index < -0.39 is 11.8 Å². The average Bonchev–Trinajstić information content (AvgIpc) is 2.72. The van der Waals surface area contributed by atoms with Crippen LogP contribution in [0.2, 0.25) is 0 Å². The highest BCUT2D eigenvalue weighted by atomic mass is 16.6. The van der Waals surface area contributed by atoms with Gasteiger partial charge in [0.15, 0.2) is 5.79 Å². The Balaban J connectivity index is 2.23. The Kier molecular flexibility index (Phi) is 14.5. The van der Waals surface area contributed by atoms with Gasteiger partial charge in [-0.25, -0.2) is 0 Å². The van der Waals surface area contributed by atoms with Gasteiger partial charge in [0.25, 0.3) is 0 Å². The third-order valence-electron chi connectivity index (χ3n) is 5.48. The summed E-state index contributed by atoms with van der Waals surface area (Å²) in [7, 11) is 0. The minimum absolute atomic E-state index is 0.291. The lowest BCUT2D eigenvalue weighted by Gasteiger charge is -2.29. The zero-order valence-corrected chi connectivity index (χ0v) is 18.4. The van der Waals surface area contributed by atoms with Gasteiger partial charge in [0.05, 0.1) is 6.61 Å². The molecule has 0 saturated heterocycles. The van der Waals surface area contributed by atoms with Crippen LogP contribution in [0.15, 0.2) is 30.3 Å². The van der Waals surface area contributed by atoms with Crippen LogP contribution in [0.25, 0.3) is 0 Å². The second-order valence-corrected chi connectivity index (χ2v) is 8.25. The average molecular weight is 407 g/mol. The van der Waals surface area contributed by atoms with Crippen LogP contribution in [0.4, 0.5) is 0 Å². The van der Waals surface area contributed by atoms with Crippen molar-refractivity contribution in [3.63, 3.8) is 0 Å². The molecular weight excluding hydrogens is 364 g/mol. The summed E-state index contributed by atoms with van der Waals surface area (Å²) in [6.07, 6.45) is 14.8. The van der Waals surface area contributed by atoms with Crippen molar-refractivity contribution in [2.75, 3.05) is 0 Å². The van der Waals surface area contributed by atoms with E-state index in [1.807, 2.05) is 30.3 Å². The topological polar surface area (TPSA) is 66.8 Å². The van der Waals surface area contributed by atoms with Crippen LogP contribution in [-0.2, 0) is 16.1 Å². The molecule has 2 N–H and O–H groups in total. The molecule has 0 aromatic heterocycles. The Morgan fingerprint density at radius 3 is 1.90 bits per heavy atom. The molecule has 1 atom stereocenters. The molecule has 0 radical (unpaired) electrons. The number of benzene rings is 1. The number of unbranched alkanes of at least 4 members (excludes halogenated alkanes) is 10. The van der Waals surface area contributed by atoms with Gasteiger partial charge < -0.3 is 14.9 Å². The summed E-state index contributed by atoms with van der Waals surface area (Å²) in [6, 6.07) is 10.1. The second kappa shape index (κ2) is 16.4. The molecule has 0 fully saturated rings. The number of aliphatic carboxylic acids is 1. The maximum atomic E-state index is 11.0. The van der Waals surface area contributed by atoms with E-state index in [4.69, 9.17) is 9.84 Å². The van der Waals surface area contributed by atoms with E-state index in [-0.39, 0.29) is 0 Å². The summed E-state index contributed by atoms with van der Waals surface area (Å²) in [5.41, 5.74) is 1.10. The van der Waals surface area contributed by atoms with Crippen molar-refractivity contribution in [3.05, 3.63) is 35.9 Å². The van der Waals surface area contributed by atoms with Gasteiger partial charge >= 0.3 is 5.97 Å². The molecule has 29 heavy (non-hydrogen) atoms. The number of carbonyl (C=O) groups is 1. The molecule has 0 saturated carbocycles. The molecule has 0 aliphatic carbocycles. The van der Waals surface area contributed by atoms with Gasteiger partial charge in [0, 0.05) is 19.3 Å². The molecular formula is C25H42O4. The van der Waals surface area contributed by atoms with Gasteiger partial charge in [-0.2, -0.15) is 0 Å². The number of aliphatic hydroxyl groups is 1. The minimum Gasteiger partial charge on any atom is -0.481 e. The van der Waals surface area contributed by atoms with E-state index in [9.17, 15) is 9.90 Å². The number of carboxylic acid groups (broad SMARTS) is 1. The number of ether oxygens (including phenoxy) is 1. The fourth-order valence-corrected chi connectivity index (χ4v) is 3.63. The predicted molar refractivity (Wildman–Crippen MR) is 119 cm³/mol.